The Hall–Kier alpha value is -1.41. The van der Waals surface area contributed by atoms with Crippen molar-refractivity contribution in [2.75, 3.05) is 0 Å². The second-order valence-corrected chi connectivity index (χ2v) is 6.74. The van der Waals surface area contributed by atoms with E-state index in [-0.39, 0.29) is 11.3 Å². The molecule has 0 aliphatic heterocycles. The molecule has 0 amide bonds. The fourth-order valence-corrected chi connectivity index (χ4v) is 2.37. The van der Waals surface area contributed by atoms with Crippen LogP contribution < -0.4 is 0 Å². The molecule has 100 valence electrons. The van der Waals surface area contributed by atoms with Crippen LogP contribution in [0, 0.1) is 17.2 Å². The number of pyridine rings is 1. The number of halogens is 1. The maximum Gasteiger partial charge on any atom is 0.160 e. The average molecular weight is 321 g/mol. The Balaban J connectivity index is 2.66. The molecule has 2 aromatic rings. The Morgan fingerprint density at radius 2 is 2.16 bits per heavy atom. The first-order chi connectivity index (χ1) is 8.82. The number of hydrogen-bond acceptors (Lipinski definition) is 3. The maximum atomic E-state index is 9.03. The van der Waals surface area contributed by atoms with Crippen LogP contribution in [0.5, 0.6) is 0 Å². The summed E-state index contributed by atoms with van der Waals surface area (Å²) < 4.78 is 2.98. The minimum atomic E-state index is -0.0810. The van der Waals surface area contributed by atoms with E-state index in [2.05, 4.69) is 52.3 Å². The first-order valence-electron chi connectivity index (χ1n) is 6.25. The van der Waals surface area contributed by atoms with Crippen LogP contribution in [-0.4, -0.2) is 14.5 Å². The van der Waals surface area contributed by atoms with E-state index in [1.165, 1.54) is 0 Å². The molecule has 0 aliphatic rings. The van der Waals surface area contributed by atoms with E-state index in [0.717, 1.165) is 21.5 Å². The molecule has 0 saturated carbocycles. The van der Waals surface area contributed by atoms with Crippen LogP contribution in [0.2, 0.25) is 0 Å². The molecule has 0 spiro atoms. The quantitative estimate of drug-likeness (QED) is 0.848. The first-order valence-corrected chi connectivity index (χ1v) is 7.04. The summed E-state index contributed by atoms with van der Waals surface area (Å²) >= 11 is 3.42. The van der Waals surface area contributed by atoms with Gasteiger partial charge in [0.25, 0.3) is 0 Å². The van der Waals surface area contributed by atoms with Crippen molar-refractivity contribution >= 4 is 27.1 Å². The Morgan fingerprint density at radius 1 is 1.47 bits per heavy atom. The Morgan fingerprint density at radius 3 is 2.74 bits per heavy atom. The molecule has 0 aromatic carbocycles. The summed E-state index contributed by atoms with van der Waals surface area (Å²) in [5.41, 5.74) is 1.63. The van der Waals surface area contributed by atoms with E-state index >= 15 is 0 Å². The van der Waals surface area contributed by atoms with Gasteiger partial charge < -0.3 is 4.57 Å². The number of hydrogen-bond donors (Lipinski definition) is 0. The topological polar surface area (TPSA) is 54.5 Å². The normalized spacial score (nSPS) is 13.5. The summed E-state index contributed by atoms with van der Waals surface area (Å²) in [6.45, 7) is 8.90. The zero-order valence-electron chi connectivity index (χ0n) is 11.6. The molecule has 0 aliphatic carbocycles. The van der Waals surface area contributed by atoms with Crippen molar-refractivity contribution in [2.24, 2.45) is 5.92 Å². The van der Waals surface area contributed by atoms with Crippen molar-refractivity contribution in [1.82, 2.24) is 14.5 Å². The molecule has 0 saturated heterocycles. The van der Waals surface area contributed by atoms with E-state index < -0.39 is 0 Å². The zero-order chi connectivity index (χ0) is 14.2. The fraction of sp³-hybridized carbons (Fsp3) is 0.500. The van der Waals surface area contributed by atoms with Crippen molar-refractivity contribution in [3.05, 3.63) is 22.6 Å². The van der Waals surface area contributed by atoms with Gasteiger partial charge in [-0.25, -0.2) is 9.97 Å². The molecule has 0 bridgehead atoms. The summed E-state index contributed by atoms with van der Waals surface area (Å²) in [7, 11) is 0. The van der Waals surface area contributed by atoms with E-state index in [9.17, 15) is 0 Å². The molecule has 19 heavy (non-hydrogen) atoms. The highest BCUT2D eigenvalue weighted by molar-refractivity contribution is 9.10. The molecular formula is C14H17BrN4. The molecule has 1 unspecified atom stereocenters. The second-order valence-electron chi connectivity index (χ2n) is 5.82. The lowest BCUT2D eigenvalue weighted by molar-refractivity contribution is 0.478. The fourth-order valence-electron chi connectivity index (χ4n) is 2.05. The average Bonchev–Trinajstić information content (AvgIpc) is 2.67. The molecular weight excluding hydrogens is 304 g/mol. The predicted molar refractivity (Wildman–Crippen MR) is 78.7 cm³/mol. The van der Waals surface area contributed by atoms with Crippen LogP contribution in [0.15, 0.2) is 16.7 Å². The molecule has 0 N–H and O–H groups in total. The molecule has 0 radical (unpaired) electrons. The van der Waals surface area contributed by atoms with Crippen molar-refractivity contribution in [3.63, 3.8) is 0 Å². The smallest absolute Gasteiger partial charge is 0.160 e. The monoisotopic (exact) mass is 320 g/mol. The van der Waals surface area contributed by atoms with E-state index in [0.29, 0.717) is 6.54 Å². The van der Waals surface area contributed by atoms with Gasteiger partial charge >= 0.3 is 0 Å². The highest BCUT2D eigenvalue weighted by atomic mass is 79.9. The Bertz CT molecular complexity index is 646. The molecule has 1 atom stereocenters. The number of aromatic nitrogens is 3. The minimum absolute atomic E-state index is 0.0658. The highest BCUT2D eigenvalue weighted by Gasteiger charge is 2.24. The first kappa shape index (κ1) is 14.0. The van der Waals surface area contributed by atoms with Gasteiger partial charge in [0.15, 0.2) is 5.65 Å². The van der Waals surface area contributed by atoms with Gasteiger partial charge in [0.05, 0.1) is 12.0 Å². The lowest BCUT2D eigenvalue weighted by atomic mass is 9.95. The van der Waals surface area contributed by atoms with Crippen LogP contribution in [0.3, 0.4) is 0 Å². The number of fused-ring (bicyclic) bond motifs is 1. The van der Waals surface area contributed by atoms with Gasteiger partial charge in [-0.3, -0.25) is 0 Å². The number of nitriles is 1. The van der Waals surface area contributed by atoms with Gasteiger partial charge in [0.1, 0.15) is 11.3 Å². The Labute approximate surface area is 121 Å². The number of rotatable bonds is 2. The van der Waals surface area contributed by atoms with Crippen LogP contribution in [0.4, 0.5) is 0 Å². The summed E-state index contributed by atoms with van der Waals surface area (Å²) in [5.74, 6) is 0.902. The van der Waals surface area contributed by atoms with Crippen molar-refractivity contribution in [1.29, 1.82) is 5.26 Å². The SMILES string of the molecule is CC(C#N)Cn1c(C(C)(C)C)nc2cc(Br)cnc21. The van der Waals surface area contributed by atoms with E-state index in [1.807, 2.05) is 13.0 Å². The van der Waals surface area contributed by atoms with E-state index in [1.54, 1.807) is 6.20 Å². The number of imidazole rings is 1. The lowest BCUT2D eigenvalue weighted by Gasteiger charge is -2.20. The number of nitrogens with zero attached hydrogens (tertiary/aromatic N) is 4. The third-order valence-corrected chi connectivity index (χ3v) is 3.33. The summed E-state index contributed by atoms with van der Waals surface area (Å²) in [6, 6.07) is 4.24. The van der Waals surface area contributed by atoms with Gasteiger partial charge in [-0.05, 0) is 28.9 Å². The third kappa shape index (κ3) is 2.79. The van der Waals surface area contributed by atoms with Crippen molar-refractivity contribution in [2.45, 2.75) is 39.7 Å². The highest BCUT2D eigenvalue weighted by Crippen LogP contribution is 2.27. The van der Waals surface area contributed by atoms with Crippen LogP contribution in [-0.2, 0) is 12.0 Å². The molecule has 5 heteroatoms. The van der Waals surface area contributed by atoms with Crippen LogP contribution >= 0.6 is 15.9 Å². The van der Waals surface area contributed by atoms with Crippen LogP contribution in [0.25, 0.3) is 11.2 Å². The predicted octanol–water partition coefficient (Wildman–Crippen LogP) is 3.65. The second kappa shape index (κ2) is 4.93. The Kier molecular flexibility index (Phi) is 3.64. The molecule has 0 fully saturated rings. The van der Waals surface area contributed by atoms with Gasteiger partial charge in [0, 0.05) is 22.6 Å². The van der Waals surface area contributed by atoms with Crippen LogP contribution in [0.1, 0.15) is 33.5 Å². The standard InChI is InChI=1S/C14H17BrN4/c1-9(6-16)8-19-12-11(5-10(15)7-17-12)18-13(19)14(2,3)4/h5,7,9H,8H2,1-4H3. The van der Waals surface area contributed by atoms with Gasteiger partial charge in [0.2, 0.25) is 0 Å². The van der Waals surface area contributed by atoms with E-state index in [4.69, 9.17) is 10.2 Å². The zero-order valence-corrected chi connectivity index (χ0v) is 13.2. The van der Waals surface area contributed by atoms with Gasteiger partial charge in [-0.2, -0.15) is 5.26 Å². The summed E-state index contributed by atoms with van der Waals surface area (Å²) in [4.78, 5) is 9.14. The summed E-state index contributed by atoms with van der Waals surface area (Å²) in [5, 5.41) is 9.03. The van der Waals surface area contributed by atoms with Gasteiger partial charge in [-0.15, -0.1) is 0 Å². The summed E-state index contributed by atoms with van der Waals surface area (Å²) in [6.07, 6.45) is 1.77. The molecule has 2 aromatic heterocycles. The minimum Gasteiger partial charge on any atom is -0.311 e. The van der Waals surface area contributed by atoms with Gasteiger partial charge in [-0.1, -0.05) is 20.8 Å². The van der Waals surface area contributed by atoms with Crippen molar-refractivity contribution < 1.29 is 0 Å². The maximum absolute atomic E-state index is 9.03. The largest absolute Gasteiger partial charge is 0.311 e. The lowest BCUT2D eigenvalue weighted by Crippen LogP contribution is -2.21. The molecule has 4 nitrogen and oxygen atoms in total. The molecule has 2 heterocycles. The molecule has 2 rings (SSSR count). The van der Waals surface area contributed by atoms with Crippen molar-refractivity contribution in [3.8, 4) is 6.07 Å². The third-order valence-electron chi connectivity index (χ3n) is 2.90.